The van der Waals surface area contributed by atoms with Crippen LogP contribution in [0.4, 0.5) is 0 Å². The third-order valence-corrected chi connectivity index (χ3v) is 1.68. The van der Waals surface area contributed by atoms with Gasteiger partial charge in [0.15, 0.2) is 12.4 Å². The molecule has 1 aromatic rings. The molecule has 0 saturated heterocycles. The maximum Gasteiger partial charge on any atom is 0.307 e. The van der Waals surface area contributed by atoms with Crippen LogP contribution in [0, 0.1) is 0 Å². The number of carboxylic acids is 1. The summed E-state index contributed by atoms with van der Waals surface area (Å²) in [6.45, 7) is 2.95. The quantitative estimate of drug-likeness (QED) is 0.669. The average molecular weight is 166 g/mol. The summed E-state index contributed by atoms with van der Waals surface area (Å²) < 4.78 is 1.99. The lowest BCUT2D eigenvalue weighted by molar-refractivity contribution is -0.693. The molecule has 0 saturated carbocycles. The lowest BCUT2D eigenvalue weighted by Crippen LogP contribution is -2.30. The fourth-order valence-corrected chi connectivity index (χ4v) is 0.991. The standard InChI is InChI=1S/C9H11NO2/c1-2-10-5-3-8(4-6-10)7-9(11)12/h3-6H,2,7H2,1H3/p+1. The molecule has 0 spiro atoms. The molecular weight excluding hydrogens is 154 g/mol. The molecule has 64 valence electrons. The van der Waals surface area contributed by atoms with Crippen molar-refractivity contribution in [1.82, 2.24) is 0 Å². The molecule has 3 heteroatoms. The van der Waals surface area contributed by atoms with Crippen LogP contribution in [0.5, 0.6) is 0 Å². The number of carboxylic acid groups (broad SMARTS) is 1. The van der Waals surface area contributed by atoms with E-state index in [0.717, 1.165) is 12.1 Å². The van der Waals surface area contributed by atoms with Gasteiger partial charge in [-0.05, 0) is 12.5 Å². The molecule has 0 aliphatic rings. The number of carbonyl (C=O) groups is 1. The van der Waals surface area contributed by atoms with E-state index in [2.05, 4.69) is 0 Å². The lowest BCUT2D eigenvalue weighted by atomic mass is 10.2. The molecule has 0 unspecified atom stereocenters. The van der Waals surface area contributed by atoms with Gasteiger partial charge in [0, 0.05) is 12.1 Å². The van der Waals surface area contributed by atoms with Crippen LogP contribution in [0.1, 0.15) is 12.5 Å². The van der Waals surface area contributed by atoms with E-state index < -0.39 is 5.97 Å². The minimum absolute atomic E-state index is 0.102. The first kappa shape index (κ1) is 8.71. The highest BCUT2D eigenvalue weighted by molar-refractivity contribution is 5.69. The van der Waals surface area contributed by atoms with Crippen molar-refractivity contribution in [1.29, 1.82) is 0 Å². The number of hydrogen-bond acceptors (Lipinski definition) is 1. The molecule has 1 rings (SSSR count). The monoisotopic (exact) mass is 166 g/mol. The number of pyridine rings is 1. The second-order valence-electron chi connectivity index (χ2n) is 2.61. The molecule has 0 aromatic carbocycles. The minimum atomic E-state index is -0.788. The third-order valence-electron chi connectivity index (χ3n) is 1.68. The smallest absolute Gasteiger partial charge is 0.307 e. The molecule has 0 amide bonds. The zero-order valence-electron chi connectivity index (χ0n) is 7.03. The van der Waals surface area contributed by atoms with Crippen molar-refractivity contribution in [2.24, 2.45) is 0 Å². The highest BCUT2D eigenvalue weighted by atomic mass is 16.4. The highest BCUT2D eigenvalue weighted by Crippen LogP contribution is 1.95. The Morgan fingerprint density at radius 1 is 1.50 bits per heavy atom. The Morgan fingerprint density at radius 2 is 2.08 bits per heavy atom. The molecule has 0 bridgehead atoms. The average Bonchev–Trinajstić information content (AvgIpc) is 2.05. The van der Waals surface area contributed by atoms with Gasteiger partial charge < -0.3 is 5.11 Å². The van der Waals surface area contributed by atoms with E-state index in [-0.39, 0.29) is 6.42 Å². The van der Waals surface area contributed by atoms with Crippen molar-refractivity contribution in [3.63, 3.8) is 0 Å². The Kier molecular flexibility index (Phi) is 2.80. The molecule has 3 nitrogen and oxygen atoms in total. The largest absolute Gasteiger partial charge is 0.481 e. The van der Waals surface area contributed by atoms with Gasteiger partial charge in [0.25, 0.3) is 0 Å². The summed E-state index contributed by atoms with van der Waals surface area (Å²) in [6.07, 6.45) is 3.88. The summed E-state index contributed by atoms with van der Waals surface area (Å²) in [5.41, 5.74) is 0.840. The second kappa shape index (κ2) is 3.85. The number of rotatable bonds is 3. The first-order valence-electron chi connectivity index (χ1n) is 3.92. The number of aromatic nitrogens is 1. The maximum absolute atomic E-state index is 10.3. The second-order valence-corrected chi connectivity index (χ2v) is 2.61. The SMILES string of the molecule is CC[n+]1ccc(CC(=O)O)cc1. The van der Waals surface area contributed by atoms with Crippen molar-refractivity contribution >= 4 is 5.97 Å². The molecule has 0 fully saturated rings. The first-order chi connectivity index (χ1) is 5.72. The van der Waals surface area contributed by atoms with Gasteiger partial charge in [-0.2, -0.15) is 0 Å². The highest BCUT2D eigenvalue weighted by Gasteiger charge is 2.01. The van der Waals surface area contributed by atoms with E-state index in [0.29, 0.717) is 0 Å². The summed E-state index contributed by atoms with van der Waals surface area (Å²) in [4.78, 5) is 10.3. The predicted octanol–water partition coefficient (Wildman–Crippen LogP) is 0.621. The van der Waals surface area contributed by atoms with Crippen LogP contribution in [-0.4, -0.2) is 11.1 Å². The van der Waals surface area contributed by atoms with E-state index in [4.69, 9.17) is 5.11 Å². The molecule has 1 heterocycles. The van der Waals surface area contributed by atoms with Crippen LogP contribution in [0.2, 0.25) is 0 Å². The molecule has 0 radical (unpaired) electrons. The fourth-order valence-electron chi connectivity index (χ4n) is 0.991. The van der Waals surface area contributed by atoms with Crippen LogP contribution in [0.15, 0.2) is 24.5 Å². The van der Waals surface area contributed by atoms with Crippen LogP contribution < -0.4 is 4.57 Å². The van der Waals surface area contributed by atoms with Crippen molar-refractivity contribution in [2.45, 2.75) is 19.9 Å². The Hall–Kier alpha value is -1.38. The summed E-state index contributed by atoms with van der Waals surface area (Å²) in [6, 6.07) is 3.66. The van der Waals surface area contributed by atoms with Gasteiger partial charge in [0.1, 0.15) is 6.54 Å². The van der Waals surface area contributed by atoms with E-state index in [1.165, 1.54) is 0 Å². The van der Waals surface area contributed by atoms with Crippen LogP contribution in [-0.2, 0) is 17.8 Å². The topological polar surface area (TPSA) is 41.2 Å². The minimum Gasteiger partial charge on any atom is -0.481 e. The zero-order chi connectivity index (χ0) is 8.97. The molecule has 0 aliphatic heterocycles. The number of hydrogen-bond donors (Lipinski definition) is 1. The Balaban J connectivity index is 2.71. The summed E-state index contributed by atoms with van der Waals surface area (Å²) in [5.74, 6) is -0.788. The van der Waals surface area contributed by atoms with Gasteiger partial charge >= 0.3 is 5.97 Å². The first-order valence-corrected chi connectivity index (χ1v) is 3.92. The molecule has 12 heavy (non-hydrogen) atoms. The van der Waals surface area contributed by atoms with E-state index in [9.17, 15) is 4.79 Å². The molecule has 1 N–H and O–H groups in total. The Labute approximate surface area is 71.3 Å². The van der Waals surface area contributed by atoms with Gasteiger partial charge in [-0.15, -0.1) is 0 Å². The third kappa shape index (κ3) is 2.34. The summed E-state index contributed by atoms with van der Waals surface area (Å²) in [5, 5.41) is 8.49. The predicted molar refractivity (Wildman–Crippen MR) is 43.7 cm³/mol. The van der Waals surface area contributed by atoms with Gasteiger partial charge in [0.2, 0.25) is 0 Å². The van der Waals surface area contributed by atoms with Gasteiger partial charge in [-0.1, -0.05) is 0 Å². The number of aryl methyl sites for hydroxylation is 1. The normalized spacial score (nSPS) is 9.75. The van der Waals surface area contributed by atoms with Crippen LogP contribution in [0.3, 0.4) is 0 Å². The van der Waals surface area contributed by atoms with E-state index in [1.54, 1.807) is 0 Å². The maximum atomic E-state index is 10.3. The fraction of sp³-hybridized carbons (Fsp3) is 0.333. The van der Waals surface area contributed by atoms with E-state index >= 15 is 0 Å². The van der Waals surface area contributed by atoms with Crippen molar-refractivity contribution in [2.75, 3.05) is 0 Å². The molecule has 0 atom stereocenters. The van der Waals surface area contributed by atoms with E-state index in [1.807, 2.05) is 36.0 Å². The Morgan fingerprint density at radius 3 is 2.50 bits per heavy atom. The Bertz CT molecular complexity index is 266. The molecule has 1 aromatic heterocycles. The summed E-state index contributed by atoms with van der Waals surface area (Å²) in [7, 11) is 0. The van der Waals surface area contributed by atoms with Gasteiger partial charge in [-0.25, -0.2) is 4.57 Å². The molecule has 0 aliphatic carbocycles. The van der Waals surface area contributed by atoms with Gasteiger partial charge in [-0.3, -0.25) is 4.79 Å². The number of nitrogens with zero attached hydrogens (tertiary/aromatic N) is 1. The zero-order valence-corrected chi connectivity index (χ0v) is 7.03. The van der Waals surface area contributed by atoms with Gasteiger partial charge in [0.05, 0.1) is 6.42 Å². The van der Waals surface area contributed by atoms with Crippen molar-refractivity contribution in [3.05, 3.63) is 30.1 Å². The summed E-state index contributed by atoms with van der Waals surface area (Å²) >= 11 is 0. The number of aliphatic carboxylic acids is 1. The lowest BCUT2D eigenvalue weighted by Gasteiger charge is -1.94. The van der Waals surface area contributed by atoms with Crippen molar-refractivity contribution in [3.8, 4) is 0 Å². The van der Waals surface area contributed by atoms with Crippen LogP contribution in [0.25, 0.3) is 0 Å². The molecular formula is C9H12NO2+. The van der Waals surface area contributed by atoms with Crippen molar-refractivity contribution < 1.29 is 14.5 Å². The van der Waals surface area contributed by atoms with Crippen LogP contribution >= 0.6 is 0 Å².